The third-order valence-electron chi connectivity index (χ3n) is 3.48. The lowest BCUT2D eigenvalue weighted by molar-refractivity contribution is -0.153. The highest BCUT2D eigenvalue weighted by Gasteiger charge is 2.28. The van der Waals surface area contributed by atoms with Crippen molar-refractivity contribution in [3.8, 4) is 5.75 Å². The van der Waals surface area contributed by atoms with E-state index in [1.54, 1.807) is 24.3 Å². The molecule has 1 aromatic rings. The topological polar surface area (TPSA) is 21.3 Å². The molecule has 20 heavy (non-hydrogen) atoms. The second-order valence-corrected chi connectivity index (χ2v) is 5.26. The van der Waals surface area contributed by atoms with Gasteiger partial charge in [0.05, 0.1) is 0 Å². The third kappa shape index (κ3) is 5.31. The molecular weight excluding hydrogens is 267 g/mol. The van der Waals surface area contributed by atoms with E-state index in [-0.39, 0.29) is 5.75 Å². The molecule has 0 spiro atoms. The molecule has 0 atom stereocenters. The molecule has 1 saturated carbocycles. The van der Waals surface area contributed by atoms with Gasteiger partial charge in [0.1, 0.15) is 5.75 Å². The van der Waals surface area contributed by atoms with Gasteiger partial charge in [-0.15, -0.1) is 0 Å². The van der Waals surface area contributed by atoms with Crippen LogP contribution in [0.2, 0.25) is 0 Å². The third-order valence-corrected chi connectivity index (χ3v) is 3.48. The maximum atomic E-state index is 12.0. The van der Waals surface area contributed by atoms with Crippen molar-refractivity contribution in [2.45, 2.75) is 50.7 Å². The predicted molar refractivity (Wildman–Crippen MR) is 73.1 cm³/mol. The quantitative estimate of drug-likeness (QED) is 0.806. The molecule has 1 aliphatic rings. The summed E-state index contributed by atoms with van der Waals surface area (Å²) in [4.78, 5) is 0. The molecule has 1 fully saturated rings. The summed E-state index contributed by atoms with van der Waals surface area (Å²) in [6, 6.07) is 7.17. The summed E-state index contributed by atoms with van der Waals surface area (Å²) in [6.45, 7) is -1.25. The fourth-order valence-electron chi connectivity index (χ4n) is 2.47. The minimum absolute atomic E-state index is 0.244. The van der Waals surface area contributed by atoms with Crippen LogP contribution in [0.15, 0.2) is 24.3 Å². The van der Waals surface area contributed by atoms with Crippen LogP contribution in [0.25, 0.3) is 0 Å². The van der Waals surface area contributed by atoms with E-state index in [2.05, 4.69) is 10.1 Å². The van der Waals surface area contributed by atoms with Gasteiger partial charge in [0.15, 0.2) is 6.61 Å². The highest BCUT2D eigenvalue weighted by molar-refractivity contribution is 5.47. The lowest BCUT2D eigenvalue weighted by Crippen LogP contribution is -2.19. The molecule has 0 saturated heterocycles. The second-order valence-electron chi connectivity index (χ2n) is 5.26. The van der Waals surface area contributed by atoms with Gasteiger partial charge >= 0.3 is 6.18 Å². The van der Waals surface area contributed by atoms with E-state index < -0.39 is 12.8 Å². The summed E-state index contributed by atoms with van der Waals surface area (Å²) in [5.74, 6) is 0.244. The Morgan fingerprint density at radius 1 is 1.00 bits per heavy atom. The maximum Gasteiger partial charge on any atom is 0.422 e. The lowest BCUT2D eigenvalue weighted by atomic mass is 10.1. The van der Waals surface area contributed by atoms with Crippen LogP contribution in [0, 0.1) is 0 Å². The highest BCUT2D eigenvalue weighted by atomic mass is 19.4. The zero-order valence-corrected chi connectivity index (χ0v) is 11.4. The van der Waals surface area contributed by atoms with Crippen LogP contribution in [0.1, 0.15) is 38.5 Å². The first-order valence-electron chi connectivity index (χ1n) is 7.09. The number of hydrogen-bond donors (Lipinski definition) is 1. The highest BCUT2D eigenvalue weighted by Crippen LogP contribution is 2.23. The van der Waals surface area contributed by atoms with Crippen LogP contribution < -0.4 is 10.1 Å². The number of anilines is 1. The van der Waals surface area contributed by atoms with Crippen LogP contribution in [0.5, 0.6) is 5.75 Å². The number of nitrogens with one attached hydrogen (secondary N) is 1. The summed E-state index contributed by atoms with van der Waals surface area (Å²) >= 11 is 0. The van der Waals surface area contributed by atoms with Crippen molar-refractivity contribution in [1.82, 2.24) is 0 Å². The Bertz CT molecular complexity index is 395. The van der Waals surface area contributed by atoms with Gasteiger partial charge in [0.25, 0.3) is 0 Å². The van der Waals surface area contributed by atoms with Gasteiger partial charge in [-0.25, -0.2) is 0 Å². The average molecular weight is 287 g/mol. The summed E-state index contributed by atoms with van der Waals surface area (Å²) < 4.78 is 40.8. The molecule has 112 valence electrons. The molecule has 1 aliphatic carbocycles. The lowest BCUT2D eigenvalue weighted by Gasteiger charge is -2.18. The van der Waals surface area contributed by atoms with E-state index in [4.69, 9.17) is 0 Å². The molecule has 5 heteroatoms. The summed E-state index contributed by atoms with van der Waals surface area (Å²) in [6.07, 6.45) is 3.09. The SMILES string of the molecule is FC(F)(F)COc1ccc(NC2CCCCCC2)cc1. The van der Waals surface area contributed by atoms with E-state index in [0.717, 1.165) is 18.5 Å². The van der Waals surface area contributed by atoms with Gasteiger partial charge in [-0.1, -0.05) is 25.7 Å². The number of alkyl halides is 3. The van der Waals surface area contributed by atoms with E-state index in [1.807, 2.05) is 0 Å². The van der Waals surface area contributed by atoms with Crippen molar-refractivity contribution < 1.29 is 17.9 Å². The first-order valence-corrected chi connectivity index (χ1v) is 7.09. The zero-order valence-electron chi connectivity index (χ0n) is 11.4. The molecule has 0 aromatic heterocycles. The van der Waals surface area contributed by atoms with E-state index in [0.29, 0.717) is 6.04 Å². The van der Waals surface area contributed by atoms with Crippen LogP contribution in [0.4, 0.5) is 18.9 Å². The Kier molecular flexibility index (Phi) is 5.15. The first-order chi connectivity index (χ1) is 9.53. The van der Waals surface area contributed by atoms with E-state index in [9.17, 15) is 13.2 Å². The van der Waals surface area contributed by atoms with Crippen molar-refractivity contribution in [2.75, 3.05) is 11.9 Å². The molecule has 1 aromatic carbocycles. The number of ether oxygens (including phenoxy) is 1. The molecule has 2 nitrogen and oxygen atoms in total. The van der Waals surface area contributed by atoms with Crippen LogP contribution in [0.3, 0.4) is 0 Å². The predicted octanol–water partition coefficient (Wildman–Crippen LogP) is 4.76. The van der Waals surface area contributed by atoms with Gasteiger partial charge in [0, 0.05) is 11.7 Å². The van der Waals surface area contributed by atoms with Crippen molar-refractivity contribution in [2.24, 2.45) is 0 Å². The molecule has 1 N–H and O–H groups in total. The van der Waals surface area contributed by atoms with Gasteiger partial charge in [0.2, 0.25) is 0 Å². The second kappa shape index (κ2) is 6.86. The molecule has 0 bridgehead atoms. The number of hydrogen-bond acceptors (Lipinski definition) is 2. The smallest absolute Gasteiger partial charge is 0.422 e. The molecular formula is C15H20F3NO. The first kappa shape index (κ1) is 15.0. The minimum atomic E-state index is -4.29. The Hall–Kier alpha value is -1.39. The molecule has 0 unspecified atom stereocenters. The van der Waals surface area contributed by atoms with Crippen LogP contribution in [-0.2, 0) is 0 Å². The minimum Gasteiger partial charge on any atom is -0.484 e. The van der Waals surface area contributed by atoms with Crippen LogP contribution >= 0.6 is 0 Å². The monoisotopic (exact) mass is 287 g/mol. The van der Waals surface area contributed by atoms with Crippen molar-refractivity contribution >= 4 is 5.69 Å². The van der Waals surface area contributed by atoms with E-state index in [1.165, 1.54) is 25.7 Å². The molecule has 0 heterocycles. The molecule has 0 amide bonds. The Morgan fingerprint density at radius 3 is 2.15 bits per heavy atom. The Labute approximate surface area is 117 Å². The summed E-state index contributed by atoms with van der Waals surface area (Å²) in [7, 11) is 0. The molecule has 2 rings (SSSR count). The van der Waals surface area contributed by atoms with E-state index >= 15 is 0 Å². The summed E-state index contributed by atoms with van der Waals surface area (Å²) in [5, 5.41) is 3.44. The van der Waals surface area contributed by atoms with Gasteiger partial charge in [-0.3, -0.25) is 0 Å². The number of halogens is 3. The van der Waals surface area contributed by atoms with Crippen molar-refractivity contribution in [3.05, 3.63) is 24.3 Å². The average Bonchev–Trinajstić information content (AvgIpc) is 2.66. The Morgan fingerprint density at radius 2 is 1.60 bits per heavy atom. The van der Waals surface area contributed by atoms with Gasteiger partial charge in [-0.05, 0) is 37.1 Å². The normalized spacial score (nSPS) is 17.6. The fraction of sp³-hybridized carbons (Fsp3) is 0.600. The standard InChI is InChI=1S/C15H20F3NO/c16-15(17,18)11-20-14-9-7-13(8-10-14)19-12-5-3-1-2-4-6-12/h7-10,12,19H,1-6,11H2. The van der Waals surface area contributed by atoms with Crippen LogP contribution in [-0.4, -0.2) is 18.8 Å². The number of rotatable bonds is 4. The zero-order chi connectivity index (χ0) is 14.4. The van der Waals surface area contributed by atoms with Gasteiger partial charge in [-0.2, -0.15) is 13.2 Å². The van der Waals surface area contributed by atoms with Gasteiger partial charge < -0.3 is 10.1 Å². The van der Waals surface area contributed by atoms with Crippen molar-refractivity contribution in [3.63, 3.8) is 0 Å². The fourth-order valence-corrected chi connectivity index (χ4v) is 2.47. The molecule has 0 aliphatic heterocycles. The summed E-state index contributed by atoms with van der Waals surface area (Å²) in [5.41, 5.74) is 0.941. The van der Waals surface area contributed by atoms with Crippen molar-refractivity contribution in [1.29, 1.82) is 0 Å². The number of benzene rings is 1. The molecule has 0 radical (unpaired) electrons. The Balaban J connectivity index is 1.84. The maximum absolute atomic E-state index is 12.0. The largest absolute Gasteiger partial charge is 0.484 e.